The summed E-state index contributed by atoms with van der Waals surface area (Å²) in [5.41, 5.74) is 0.800. The minimum absolute atomic E-state index is 0.149. The number of ether oxygens (including phenoxy) is 3. The molecule has 5 rings (SSSR count). The third-order valence-corrected chi connectivity index (χ3v) is 8.70. The molecule has 2 atom stereocenters. The summed E-state index contributed by atoms with van der Waals surface area (Å²) in [6.45, 7) is 8.41. The highest BCUT2D eigenvalue weighted by molar-refractivity contribution is 5.79. The number of carbonyl (C=O) groups is 2. The predicted molar refractivity (Wildman–Crippen MR) is 133 cm³/mol. The van der Waals surface area contributed by atoms with Crippen molar-refractivity contribution < 1.29 is 28.9 Å². The Hall–Kier alpha value is -2.08. The lowest BCUT2D eigenvalue weighted by Crippen LogP contribution is -2.60. The Kier molecular flexibility index (Phi) is 7.25. The Balaban J connectivity index is 1.51. The zero-order chi connectivity index (χ0) is 25.4. The first-order valence-electron chi connectivity index (χ1n) is 13.3. The molecular weight excluding hydrogens is 444 g/mol. The molecule has 0 radical (unpaired) electrons. The van der Waals surface area contributed by atoms with Gasteiger partial charge in [0.2, 0.25) is 0 Å². The fourth-order valence-electron chi connectivity index (χ4n) is 6.96. The van der Waals surface area contributed by atoms with E-state index in [2.05, 4.69) is 6.92 Å². The predicted octanol–water partition coefficient (Wildman–Crippen LogP) is 5.85. The number of phenols is 1. The molecule has 0 saturated heterocycles. The van der Waals surface area contributed by atoms with Crippen molar-refractivity contribution in [1.82, 2.24) is 0 Å². The van der Waals surface area contributed by atoms with Crippen molar-refractivity contribution in [1.29, 1.82) is 0 Å². The van der Waals surface area contributed by atoms with Gasteiger partial charge in [0.1, 0.15) is 18.0 Å². The van der Waals surface area contributed by atoms with Crippen LogP contribution in [0.2, 0.25) is 0 Å². The van der Waals surface area contributed by atoms with Crippen LogP contribution in [0.4, 0.5) is 0 Å². The third kappa shape index (κ3) is 5.09. The normalized spacial score (nSPS) is 29.3. The molecule has 0 heterocycles. The molecule has 0 aliphatic heterocycles. The quantitative estimate of drug-likeness (QED) is 0.418. The molecule has 0 aromatic heterocycles. The molecule has 4 fully saturated rings. The van der Waals surface area contributed by atoms with Gasteiger partial charge >= 0.3 is 11.9 Å². The maximum atomic E-state index is 13.6. The van der Waals surface area contributed by atoms with E-state index in [0.717, 1.165) is 62.5 Å². The number of aromatic hydroxyl groups is 1. The molecule has 1 aromatic carbocycles. The van der Waals surface area contributed by atoms with Crippen LogP contribution in [0.15, 0.2) is 12.1 Å². The number of hydrogen-bond acceptors (Lipinski definition) is 6. The van der Waals surface area contributed by atoms with Crippen molar-refractivity contribution in [3.63, 3.8) is 0 Å². The van der Waals surface area contributed by atoms with Crippen LogP contribution in [0.3, 0.4) is 0 Å². The van der Waals surface area contributed by atoms with Gasteiger partial charge in [-0.2, -0.15) is 0 Å². The van der Waals surface area contributed by atoms with Crippen molar-refractivity contribution >= 4 is 11.9 Å². The van der Waals surface area contributed by atoms with Gasteiger partial charge in [0, 0.05) is 19.1 Å². The van der Waals surface area contributed by atoms with Gasteiger partial charge in [-0.3, -0.25) is 9.59 Å². The standard InChI is InChI=1S/C29H42O6/c1-6-8-22-10-19(11-23(17-33-5)24(22)30)16-34-26(32)28-12-20-9-21(13-28)15-29(14-20,18-28)35-25(31)27(3,4)7-2/h10-11,20-21,30H,6-9,12-18H2,1-5H3. The summed E-state index contributed by atoms with van der Waals surface area (Å²) in [4.78, 5) is 26.6. The average molecular weight is 487 g/mol. The Morgan fingerprint density at radius 2 is 1.71 bits per heavy atom. The average Bonchev–Trinajstić information content (AvgIpc) is 2.79. The molecular formula is C29H42O6. The van der Waals surface area contributed by atoms with Crippen LogP contribution in [0.5, 0.6) is 5.75 Å². The summed E-state index contributed by atoms with van der Waals surface area (Å²) >= 11 is 0. The van der Waals surface area contributed by atoms with Crippen LogP contribution in [0, 0.1) is 22.7 Å². The first-order chi connectivity index (χ1) is 16.5. The summed E-state index contributed by atoms with van der Waals surface area (Å²) in [5.74, 6) is 0.756. The summed E-state index contributed by atoms with van der Waals surface area (Å²) in [7, 11) is 1.60. The third-order valence-electron chi connectivity index (χ3n) is 8.70. The molecule has 0 amide bonds. The summed E-state index contributed by atoms with van der Waals surface area (Å²) in [5, 5.41) is 10.6. The number of hydrogen-bond donors (Lipinski definition) is 1. The first kappa shape index (κ1) is 26.0. The van der Waals surface area contributed by atoms with Crippen LogP contribution in [-0.4, -0.2) is 29.8 Å². The zero-order valence-electron chi connectivity index (χ0n) is 22.1. The van der Waals surface area contributed by atoms with Gasteiger partial charge in [-0.1, -0.05) is 20.3 Å². The number of carbonyl (C=O) groups excluding carboxylic acids is 2. The van der Waals surface area contributed by atoms with Gasteiger partial charge in [-0.25, -0.2) is 0 Å². The van der Waals surface area contributed by atoms with Crippen LogP contribution >= 0.6 is 0 Å². The molecule has 1 N–H and O–H groups in total. The van der Waals surface area contributed by atoms with Gasteiger partial charge in [-0.05, 0) is 93.9 Å². The van der Waals surface area contributed by atoms with E-state index in [4.69, 9.17) is 14.2 Å². The van der Waals surface area contributed by atoms with Gasteiger partial charge in [0.05, 0.1) is 17.4 Å². The Bertz CT molecular complexity index is 923. The first-order valence-corrected chi connectivity index (χ1v) is 13.3. The minimum Gasteiger partial charge on any atom is -0.507 e. The van der Waals surface area contributed by atoms with Crippen molar-refractivity contribution in [3.05, 3.63) is 28.8 Å². The zero-order valence-corrected chi connectivity index (χ0v) is 22.1. The second kappa shape index (κ2) is 9.76. The van der Waals surface area contributed by atoms with Gasteiger partial charge < -0.3 is 19.3 Å². The van der Waals surface area contributed by atoms with E-state index in [1.807, 2.05) is 32.9 Å². The molecule has 4 aliphatic carbocycles. The maximum Gasteiger partial charge on any atom is 0.312 e. The van der Waals surface area contributed by atoms with Crippen molar-refractivity contribution in [3.8, 4) is 5.75 Å². The van der Waals surface area contributed by atoms with Crippen LogP contribution in [0.1, 0.15) is 95.8 Å². The van der Waals surface area contributed by atoms with Crippen molar-refractivity contribution in [2.75, 3.05) is 7.11 Å². The van der Waals surface area contributed by atoms with Gasteiger partial charge in [-0.15, -0.1) is 0 Å². The van der Waals surface area contributed by atoms with Crippen LogP contribution < -0.4 is 0 Å². The number of aryl methyl sites for hydroxylation is 1. The smallest absolute Gasteiger partial charge is 0.312 e. The van der Waals surface area contributed by atoms with Gasteiger partial charge in [0.15, 0.2) is 0 Å². The fraction of sp³-hybridized carbons (Fsp3) is 0.724. The molecule has 1 aromatic rings. The second-order valence-corrected chi connectivity index (χ2v) is 12.1. The molecule has 194 valence electrons. The second-order valence-electron chi connectivity index (χ2n) is 12.1. The van der Waals surface area contributed by atoms with Crippen molar-refractivity contribution in [2.45, 2.75) is 104 Å². The SMILES string of the molecule is CCCc1cc(COC(=O)C23CC4CC(CC(OC(=O)C(C)(C)CC)(C4)C2)C3)cc(COC)c1O. The molecule has 4 saturated carbocycles. The molecule has 2 unspecified atom stereocenters. The largest absolute Gasteiger partial charge is 0.507 e. The van der Waals surface area contributed by atoms with Crippen LogP contribution in [0.25, 0.3) is 0 Å². The number of phenolic OH excluding ortho intramolecular Hbond substituents is 1. The summed E-state index contributed by atoms with van der Waals surface area (Å²) in [6.07, 6.45) is 7.44. The molecule has 4 aliphatic rings. The minimum atomic E-state index is -0.570. The molecule has 6 heteroatoms. The topological polar surface area (TPSA) is 82.1 Å². The lowest BCUT2D eigenvalue weighted by Gasteiger charge is -2.60. The lowest BCUT2D eigenvalue weighted by molar-refractivity contribution is -0.218. The van der Waals surface area contributed by atoms with Crippen LogP contribution in [-0.2, 0) is 43.4 Å². The summed E-state index contributed by atoms with van der Waals surface area (Å²) < 4.78 is 17.5. The maximum absolute atomic E-state index is 13.6. The Labute approximate surface area is 209 Å². The number of benzene rings is 1. The number of methoxy groups -OCH3 is 1. The van der Waals surface area contributed by atoms with E-state index in [1.165, 1.54) is 0 Å². The highest BCUT2D eigenvalue weighted by Crippen LogP contribution is 2.63. The van der Waals surface area contributed by atoms with E-state index >= 15 is 0 Å². The van der Waals surface area contributed by atoms with E-state index in [0.29, 0.717) is 30.4 Å². The monoisotopic (exact) mass is 486 g/mol. The fourth-order valence-corrected chi connectivity index (χ4v) is 6.96. The Morgan fingerprint density at radius 1 is 1.06 bits per heavy atom. The molecule has 4 bridgehead atoms. The highest BCUT2D eigenvalue weighted by atomic mass is 16.6. The Morgan fingerprint density at radius 3 is 2.31 bits per heavy atom. The van der Waals surface area contributed by atoms with Gasteiger partial charge in [0.25, 0.3) is 0 Å². The van der Waals surface area contributed by atoms with E-state index < -0.39 is 16.4 Å². The highest BCUT2D eigenvalue weighted by Gasteiger charge is 2.63. The molecule has 6 nitrogen and oxygen atoms in total. The van der Waals surface area contributed by atoms with E-state index in [9.17, 15) is 14.7 Å². The lowest BCUT2D eigenvalue weighted by atomic mass is 9.48. The molecule has 35 heavy (non-hydrogen) atoms. The van der Waals surface area contributed by atoms with Crippen molar-refractivity contribution in [2.24, 2.45) is 22.7 Å². The molecule has 0 spiro atoms. The van der Waals surface area contributed by atoms with E-state index in [-0.39, 0.29) is 24.3 Å². The van der Waals surface area contributed by atoms with E-state index in [1.54, 1.807) is 7.11 Å². The number of esters is 2. The summed E-state index contributed by atoms with van der Waals surface area (Å²) in [6, 6.07) is 3.79. The number of rotatable bonds is 10.